The monoisotopic (exact) mass is 257 g/mol. The Morgan fingerprint density at radius 3 is 2.60 bits per heavy atom. The van der Waals surface area contributed by atoms with Crippen molar-refractivity contribution >= 4 is 34.5 Å². The number of esters is 1. The van der Waals surface area contributed by atoms with Crippen LogP contribution in [0.4, 0.5) is 0 Å². The van der Waals surface area contributed by atoms with Crippen LogP contribution in [0.5, 0.6) is 0 Å². The van der Waals surface area contributed by atoms with Gasteiger partial charge in [-0.3, -0.25) is 4.79 Å². The summed E-state index contributed by atoms with van der Waals surface area (Å²) in [6.07, 6.45) is 0. The first kappa shape index (κ1) is 9.67. The topological polar surface area (TPSA) is 55.4 Å². The Bertz CT molecular complexity index is 121. The molecule has 0 spiro atoms. The summed E-state index contributed by atoms with van der Waals surface area (Å²) in [4.78, 5) is 21.0. The molecule has 0 aliphatic heterocycles. The lowest BCUT2D eigenvalue weighted by atomic mass is 10.6. The molecular weight excluding hydrogens is 249 g/mol. The molecule has 0 bridgehead atoms. The fraction of sp³-hybridized carbons (Fsp3) is 0.600. The number of ether oxygens (including phenoxy) is 1. The van der Waals surface area contributed by atoms with Crippen LogP contribution in [-0.2, 0) is 14.3 Å². The molecule has 0 aromatic heterocycles. The van der Waals surface area contributed by atoms with Crippen molar-refractivity contribution in [3.63, 3.8) is 0 Å². The van der Waals surface area contributed by atoms with E-state index < -0.39 is 11.9 Å². The van der Waals surface area contributed by atoms with Gasteiger partial charge in [-0.05, 0) is 6.92 Å². The molecule has 0 atom stereocenters. The number of hydrogen-bond acceptors (Lipinski definition) is 3. The minimum Gasteiger partial charge on any atom is -0.459 e. The van der Waals surface area contributed by atoms with Crippen LogP contribution in [0.1, 0.15) is 6.92 Å². The number of carbonyl (C=O) groups excluding carboxylic acids is 2. The van der Waals surface area contributed by atoms with Gasteiger partial charge in [0.2, 0.25) is 0 Å². The third-order valence-electron chi connectivity index (χ3n) is 0.688. The molecule has 10 heavy (non-hydrogen) atoms. The number of nitrogens with one attached hydrogen (secondary N) is 1. The number of amides is 1. The Morgan fingerprint density at radius 2 is 2.20 bits per heavy atom. The lowest BCUT2D eigenvalue weighted by Crippen LogP contribution is -2.31. The summed E-state index contributed by atoms with van der Waals surface area (Å²) in [6, 6.07) is 0. The Morgan fingerprint density at radius 1 is 1.60 bits per heavy atom. The largest absolute Gasteiger partial charge is 0.459 e. The van der Waals surface area contributed by atoms with E-state index in [0.29, 0.717) is 4.55 Å². The zero-order valence-corrected chi connectivity index (χ0v) is 7.67. The highest BCUT2D eigenvalue weighted by atomic mass is 127. The predicted molar refractivity (Wildman–Crippen MR) is 43.7 cm³/mol. The maximum Gasteiger partial charge on any atom is 0.396 e. The van der Waals surface area contributed by atoms with Gasteiger partial charge in [0, 0.05) is 0 Å². The second kappa shape index (κ2) is 5.45. The predicted octanol–water partition coefficient (Wildman–Crippen LogP) is 0.0582. The van der Waals surface area contributed by atoms with E-state index in [2.05, 4.69) is 10.1 Å². The van der Waals surface area contributed by atoms with Crippen molar-refractivity contribution < 1.29 is 14.3 Å². The molecule has 0 heterocycles. The Labute approximate surface area is 72.4 Å². The molecular formula is C5H8INO3. The number of hydrogen-bond donors (Lipinski definition) is 1. The van der Waals surface area contributed by atoms with Crippen LogP contribution in [0.2, 0.25) is 0 Å². The molecule has 0 saturated carbocycles. The van der Waals surface area contributed by atoms with Crippen molar-refractivity contribution in [3.8, 4) is 0 Å². The Balaban J connectivity index is 3.60. The first-order valence-electron chi connectivity index (χ1n) is 2.73. The highest BCUT2D eigenvalue weighted by Gasteiger charge is 2.11. The summed E-state index contributed by atoms with van der Waals surface area (Å²) in [7, 11) is 0. The molecule has 0 fully saturated rings. The lowest BCUT2D eigenvalue weighted by Gasteiger charge is -1.99. The van der Waals surface area contributed by atoms with Crippen LogP contribution >= 0.6 is 22.6 Å². The number of rotatable bonds is 2. The number of alkyl halides is 1. The van der Waals surface area contributed by atoms with Gasteiger partial charge in [0.1, 0.15) is 0 Å². The van der Waals surface area contributed by atoms with Gasteiger partial charge in [0.15, 0.2) is 0 Å². The van der Waals surface area contributed by atoms with Gasteiger partial charge < -0.3 is 10.1 Å². The van der Waals surface area contributed by atoms with E-state index >= 15 is 0 Å². The van der Waals surface area contributed by atoms with E-state index in [0.717, 1.165) is 0 Å². The second-order valence-corrected chi connectivity index (χ2v) is 2.12. The molecule has 4 nitrogen and oxygen atoms in total. The standard InChI is InChI=1S/C5H8INO3/c1-2-10-5(9)4(8)7-3-6/h2-3H2,1H3,(H,7,8). The molecule has 0 unspecified atom stereocenters. The van der Waals surface area contributed by atoms with Gasteiger partial charge in [-0.15, -0.1) is 0 Å². The molecule has 0 aliphatic rings. The second-order valence-electron chi connectivity index (χ2n) is 1.36. The van der Waals surface area contributed by atoms with Crippen molar-refractivity contribution in [2.24, 2.45) is 0 Å². The third-order valence-corrected chi connectivity index (χ3v) is 1.07. The van der Waals surface area contributed by atoms with Crippen LogP contribution in [0.25, 0.3) is 0 Å². The average molecular weight is 257 g/mol. The van der Waals surface area contributed by atoms with Gasteiger partial charge >= 0.3 is 11.9 Å². The fourth-order valence-corrected chi connectivity index (χ4v) is 0.676. The van der Waals surface area contributed by atoms with Crippen molar-refractivity contribution in [1.29, 1.82) is 0 Å². The quantitative estimate of drug-likeness (QED) is 0.250. The fourth-order valence-electron chi connectivity index (χ4n) is 0.329. The summed E-state index contributed by atoms with van der Waals surface area (Å²) >= 11 is 1.92. The highest BCUT2D eigenvalue weighted by Crippen LogP contribution is 1.79. The Kier molecular flexibility index (Phi) is 5.27. The average Bonchev–Trinajstić information content (AvgIpc) is 1.89. The molecule has 0 aromatic rings. The maximum atomic E-state index is 10.5. The summed E-state index contributed by atoms with van der Waals surface area (Å²) < 4.78 is 4.81. The minimum atomic E-state index is -0.820. The molecule has 1 N–H and O–H groups in total. The number of halogens is 1. The normalized spacial score (nSPS) is 8.60. The van der Waals surface area contributed by atoms with Crippen molar-refractivity contribution in [1.82, 2.24) is 5.32 Å². The molecule has 0 aromatic carbocycles. The van der Waals surface area contributed by atoms with Crippen molar-refractivity contribution in [3.05, 3.63) is 0 Å². The van der Waals surface area contributed by atoms with E-state index in [1.54, 1.807) is 6.92 Å². The smallest absolute Gasteiger partial charge is 0.396 e. The van der Waals surface area contributed by atoms with Crippen molar-refractivity contribution in [2.45, 2.75) is 6.92 Å². The zero-order chi connectivity index (χ0) is 7.98. The zero-order valence-electron chi connectivity index (χ0n) is 5.52. The maximum absolute atomic E-state index is 10.5. The van der Waals surface area contributed by atoms with Crippen LogP contribution < -0.4 is 5.32 Å². The van der Waals surface area contributed by atoms with E-state index in [4.69, 9.17) is 0 Å². The SMILES string of the molecule is CCOC(=O)C(=O)NCI. The van der Waals surface area contributed by atoms with E-state index in [-0.39, 0.29) is 6.61 Å². The van der Waals surface area contributed by atoms with Gasteiger partial charge in [-0.2, -0.15) is 0 Å². The van der Waals surface area contributed by atoms with Gasteiger partial charge in [-0.25, -0.2) is 4.79 Å². The minimum absolute atomic E-state index is 0.230. The Hall–Kier alpha value is -0.330. The number of carbonyl (C=O) groups is 2. The van der Waals surface area contributed by atoms with E-state index in [9.17, 15) is 9.59 Å². The molecule has 0 rings (SSSR count). The molecule has 1 amide bonds. The highest BCUT2D eigenvalue weighted by molar-refractivity contribution is 14.1. The lowest BCUT2D eigenvalue weighted by molar-refractivity contribution is -0.154. The van der Waals surface area contributed by atoms with Gasteiger partial charge in [0.05, 0.1) is 11.2 Å². The van der Waals surface area contributed by atoms with E-state index in [1.165, 1.54) is 0 Å². The molecule has 58 valence electrons. The van der Waals surface area contributed by atoms with Gasteiger partial charge in [-0.1, -0.05) is 22.6 Å². The molecule has 0 radical (unpaired) electrons. The van der Waals surface area contributed by atoms with Crippen molar-refractivity contribution in [2.75, 3.05) is 11.2 Å². The van der Waals surface area contributed by atoms with Crippen LogP contribution in [0.15, 0.2) is 0 Å². The molecule has 0 saturated heterocycles. The molecule has 5 heteroatoms. The van der Waals surface area contributed by atoms with Crippen LogP contribution in [0, 0.1) is 0 Å². The summed E-state index contributed by atoms with van der Waals surface area (Å²) in [5, 5.41) is 2.30. The van der Waals surface area contributed by atoms with Crippen LogP contribution in [0.3, 0.4) is 0 Å². The van der Waals surface area contributed by atoms with E-state index in [1.807, 2.05) is 22.6 Å². The van der Waals surface area contributed by atoms with Crippen LogP contribution in [-0.4, -0.2) is 23.0 Å². The first-order valence-corrected chi connectivity index (χ1v) is 4.25. The summed E-state index contributed by atoms with van der Waals surface area (Å²) in [5.41, 5.74) is 0. The summed E-state index contributed by atoms with van der Waals surface area (Å²) in [5.74, 6) is -1.50. The summed E-state index contributed by atoms with van der Waals surface area (Å²) in [6.45, 7) is 1.88. The molecule has 0 aliphatic carbocycles. The third kappa shape index (κ3) is 3.65. The first-order chi connectivity index (χ1) is 4.72. The van der Waals surface area contributed by atoms with Gasteiger partial charge in [0.25, 0.3) is 0 Å².